The molecule has 0 aromatic heterocycles. The van der Waals surface area contributed by atoms with Gasteiger partial charge >= 0.3 is 0 Å². The number of benzene rings is 1. The second-order valence-corrected chi connectivity index (χ2v) is 7.21. The van der Waals surface area contributed by atoms with Gasteiger partial charge in [-0.1, -0.05) is 31.4 Å². The van der Waals surface area contributed by atoms with E-state index in [1.54, 1.807) is 12.1 Å². The Hall–Kier alpha value is -1.42. The van der Waals surface area contributed by atoms with Gasteiger partial charge < -0.3 is 11.1 Å². The summed E-state index contributed by atoms with van der Waals surface area (Å²) in [5, 5.41) is 3.23. The normalized spacial score (nSPS) is 26.9. The Morgan fingerprint density at radius 2 is 1.96 bits per heavy atom. The molecule has 3 N–H and O–H groups in total. The van der Waals surface area contributed by atoms with Crippen molar-refractivity contribution >= 4 is 5.91 Å². The molecule has 4 heteroatoms. The minimum absolute atomic E-state index is 0.0104. The monoisotopic (exact) mass is 318 g/mol. The first-order chi connectivity index (χ1) is 11.1. The van der Waals surface area contributed by atoms with Gasteiger partial charge in [-0.2, -0.15) is 0 Å². The summed E-state index contributed by atoms with van der Waals surface area (Å²) in [6.07, 6.45) is 8.32. The molecule has 23 heavy (non-hydrogen) atoms. The molecule has 3 rings (SSSR count). The molecule has 0 heterocycles. The van der Waals surface area contributed by atoms with Crippen LogP contribution in [0, 0.1) is 17.7 Å². The van der Waals surface area contributed by atoms with E-state index in [-0.39, 0.29) is 29.7 Å². The molecule has 3 nitrogen and oxygen atoms in total. The molecule has 2 saturated carbocycles. The maximum atomic E-state index is 13.6. The minimum Gasteiger partial charge on any atom is -0.349 e. The fourth-order valence-corrected chi connectivity index (χ4v) is 4.20. The van der Waals surface area contributed by atoms with Crippen LogP contribution < -0.4 is 11.1 Å². The number of halogens is 1. The number of carbonyl (C=O) groups is 1. The molecular formula is C19H27FN2O. The van der Waals surface area contributed by atoms with E-state index >= 15 is 0 Å². The van der Waals surface area contributed by atoms with Gasteiger partial charge in [0.15, 0.2) is 0 Å². The number of nitrogens with two attached hydrogens (primary N) is 1. The third kappa shape index (κ3) is 4.11. The van der Waals surface area contributed by atoms with Gasteiger partial charge in [0, 0.05) is 12.0 Å². The summed E-state index contributed by atoms with van der Waals surface area (Å²) >= 11 is 0. The Kier molecular flexibility index (Phi) is 5.31. The van der Waals surface area contributed by atoms with Gasteiger partial charge in [-0.05, 0) is 55.7 Å². The molecule has 1 aromatic carbocycles. The van der Waals surface area contributed by atoms with E-state index in [0.29, 0.717) is 5.92 Å². The van der Waals surface area contributed by atoms with Gasteiger partial charge in [0.1, 0.15) is 5.82 Å². The maximum absolute atomic E-state index is 13.6. The number of rotatable bonds is 4. The lowest BCUT2D eigenvalue weighted by atomic mass is 9.84. The van der Waals surface area contributed by atoms with Gasteiger partial charge in [-0.25, -0.2) is 4.39 Å². The van der Waals surface area contributed by atoms with Gasteiger partial charge in [0.2, 0.25) is 5.91 Å². The molecule has 2 aliphatic rings. The van der Waals surface area contributed by atoms with Crippen LogP contribution in [-0.2, 0) is 4.79 Å². The molecule has 126 valence electrons. The van der Waals surface area contributed by atoms with Crippen molar-refractivity contribution in [3.63, 3.8) is 0 Å². The van der Waals surface area contributed by atoms with Crippen molar-refractivity contribution in [1.29, 1.82) is 0 Å². The Labute approximate surface area is 137 Å². The summed E-state index contributed by atoms with van der Waals surface area (Å²) in [6, 6.07) is 6.75. The van der Waals surface area contributed by atoms with E-state index in [2.05, 4.69) is 5.32 Å². The minimum atomic E-state index is -0.237. The highest BCUT2D eigenvalue weighted by Gasteiger charge is 2.31. The van der Waals surface area contributed by atoms with Crippen molar-refractivity contribution in [3.8, 4) is 0 Å². The standard InChI is InChI=1S/C19H27FN2O/c20-16-9-3-7-14(11-16)18(13-5-1-2-6-13)22-19(23)15-8-4-10-17(21)12-15/h3,7,9,11,13,15,17-18H,1-2,4-6,8,10,12,21H2,(H,22,23). The number of amides is 1. The van der Waals surface area contributed by atoms with Crippen molar-refractivity contribution in [2.24, 2.45) is 17.6 Å². The quantitative estimate of drug-likeness (QED) is 0.889. The van der Waals surface area contributed by atoms with Gasteiger partial charge in [-0.3, -0.25) is 4.79 Å². The predicted molar refractivity (Wildman–Crippen MR) is 89.2 cm³/mol. The Balaban J connectivity index is 1.74. The van der Waals surface area contributed by atoms with Crippen molar-refractivity contribution in [2.45, 2.75) is 63.5 Å². The number of hydrogen-bond acceptors (Lipinski definition) is 2. The molecule has 0 spiro atoms. The molecule has 0 aliphatic heterocycles. The molecular weight excluding hydrogens is 291 g/mol. The third-order valence-electron chi connectivity index (χ3n) is 5.46. The van der Waals surface area contributed by atoms with Crippen LogP contribution in [0.3, 0.4) is 0 Å². The van der Waals surface area contributed by atoms with Gasteiger partial charge in [0.05, 0.1) is 6.04 Å². The Morgan fingerprint density at radius 3 is 2.65 bits per heavy atom. The number of nitrogens with one attached hydrogen (secondary N) is 1. The van der Waals surface area contributed by atoms with E-state index in [0.717, 1.165) is 44.1 Å². The first kappa shape index (κ1) is 16.4. The first-order valence-corrected chi connectivity index (χ1v) is 8.95. The van der Waals surface area contributed by atoms with Gasteiger partial charge in [-0.15, -0.1) is 0 Å². The molecule has 0 radical (unpaired) electrons. The first-order valence-electron chi connectivity index (χ1n) is 8.95. The zero-order chi connectivity index (χ0) is 16.2. The summed E-state index contributed by atoms with van der Waals surface area (Å²) in [4.78, 5) is 12.7. The van der Waals surface area contributed by atoms with Crippen LogP contribution in [0.2, 0.25) is 0 Å². The molecule has 1 amide bonds. The lowest BCUT2D eigenvalue weighted by Gasteiger charge is -2.30. The molecule has 0 saturated heterocycles. The van der Waals surface area contributed by atoms with Crippen LogP contribution in [0.15, 0.2) is 24.3 Å². The molecule has 3 atom stereocenters. The van der Waals surface area contributed by atoms with E-state index in [1.165, 1.54) is 18.9 Å². The van der Waals surface area contributed by atoms with Gasteiger partial charge in [0.25, 0.3) is 0 Å². The number of carbonyl (C=O) groups excluding carboxylic acids is 1. The maximum Gasteiger partial charge on any atom is 0.223 e. The molecule has 3 unspecified atom stereocenters. The second-order valence-electron chi connectivity index (χ2n) is 7.21. The SMILES string of the molecule is NC1CCCC(C(=O)NC(c2cccc(F)c2)C2CCCC2)C1. The second kappa shape index (κ2) is 7.43. The van der Waals surface area contributed by atoms with E-state index in [9.17, 15) is 9.18 Å². The zero-order valence-corrected chi connectivity index (χ0v) is 13.6. The molecule has 0 bridgehead atoms. The zero-order valence-electron chi connectivity index (χ0n) is 13.6. The fourth-order valence-electron chi connectivity index (χ4n) is 4.20. The Morgan fingerprint density at radius 1 is 1.17 bits per heavy atom. The molecule has 2 fully saturated rings. The average molecular weight is 318 g/mol. The van der Waals surface area contributed by atoms with Crippen LogP contribution in [0.4, 0.5) is 4.39 Å². The third-order valence-corrected chi connectivity index (χ3v) is 5.46. The van der Waals surface area contributed by atoms with Crippen LogP contribution >= 0.6 is 0 Å². The summed E-state index contributed by atoms with van der Waals surface area (Å²) in [5.41, 5.74) is 6.91. The van der Waals surface area contributed by atoms with Crippen molar-refractivity contribution in [3.05, 3.63) is 35.6 Å². The van der Waals surface area contributed by atoms with Crippen LogP contribution in [0.25, 0.3) is 0 Å². The van der Waals surface area contributed by atoms with Crippen molar-refractivity contribution < 1.29 is 9.18 Å². The average Bonchev–Trinajstić information content (AvgIpc) is 3.06. The molecule has 2 aliphatic carbocycles. The van der Waals surface area contributed by atoms with E-state index in [1.807, 2.05) is 6.07 Å². The highest BCUT2D eigenvalue weighted by atomic mass is 19.1. The summed E-state index contributed by atoms with van der Waals surface area (Å²) < 4.78 is 13.6. The van der Waals surface area contributed by atoms with Crippen molar-refractivity contribution in [1.82, 2.24) is 5.32 Å². The smallest absolute Gasteiger partial charge is 0.223 e. The van der Waals surface area contributed by atoms with Crippen molar-refractivity contribution in [2.75, 3.05) is 0 Å². The van der Waals surface area contributed by atoms with E-state index < -0.39 is 0 Å². The predicted octanol–water partition coefficient (Wildman–Crippen LogP) is 3.69. The largest absolute Gasteiger partial charge is 0.349 e. The van der Waals surface area contributed by atoms with Crippen LogP contribution in [0.1, 0.15) is 63.0 Å². The van der Waals surface area contributed by atoms with Crippen LogP contribution in [0.5, 0.6) is 0 Å². The highest BCUT2D eigenvalue weighted by molar-refractivity contribution is 5.79. The lowest BCUT2D eigenvalue weighted by Crippen LogP contribution is -2.41. The fraction of sp³-hybridized carbons (Fsp3) is 0.632. The Bertz CT molecular complexity index is 542. The summed E-state index contributed by atoms with van der Waals surface area (Å²) in [5.74, 6) is 0.287. The van der Waals surface area contributed by atoms with Crippen LogP contribution in [-0.4, -0.2) is 11.9 Å². The number of hydrogen-bond donors (Lipinski definition) is 2. The summed E-state index contributed by atoms with van der Waals surface area (Å²) in [7, 11) is 0. The van der Waals surface area contributed by atoms with E-state index in [4.69, 9.17) is 5.73 Å². The topological polar surface area (TPSA) is 55.1 Å². The molecule has 1 aromatic rings. The summed E-state index contributed by atoms with van der Waals surface area (Å²) in [6.45, 7) is 0. The lowest BCUT2D eigenvalue weighted by molar-refractivity contribution is -0.127. The highest BCUT2D eigenvalue weighted by Crippen LogP contribution is 2.36.